The lowest BCUT2D eigenvalue weighted by atomic mass is 10.2. The van der Waals surface area contributed by atoms with Gasteiger partial charge in [0.2, 0.25) is 0 Å². The second kappa shape index (κ2) is 6.07. The Bertz CT molecular complexity index is 535. The van der Waals surface area contributed by atoms with Gasteiger partial charge < -0.3 is 11.1 Å². The van der Waals surface area contributed by atoms with Crippen LogP contribution in [0.3, 0.4) is 0 Å². The molecular weight excluding hydrogens is 246 g/mol. The zero-order valence-electron chi connectivity index (χ0n) is 9.81. The minimum atomic E-state index is 0.511. The maximum absolute atomic E-state index is 5.81. The molecule has 18 heavy (non-hydrogen) atoms. The van der Waals surface area contributed by atoms with Crippen LogP contribution in [0.4, 0.5) is 11.5 Å². The maximum atomic E-state index is 5.81. The SMILES string of the molecule is Nc1ncccc1NCC=Cc1ccc(Cl)cc1. The van der Waals surface area contributed by atoms with E-state index in [1.54, 1.807) is 6.20 Å². The fourth-order valence-corrected chi connectivity index (χ4v) is 1.63. The minimum absolute atomic E-state index is 0.511. The average Bonchev–Trinajstić information content (AvgIpc) is 2.39. The van der Waals surface area contributed by atoms with Crippen LogP contribution < -0.4 is 11.1 Å². The van der Waals surface area contributed by atoms with Crippen LogP contribution in [0.1, 0.15) is 5.56 Å². The molecule has 0 saturated carbocycles. The quantitative estimate of drug-likeness (QED) is 0.884. The molecule has 0 saturated heterocycles. The van der Waals surface area contributed by atoms with E-state index in [1.807, 2.05) is 48.6 Å². The van der Waals surface area contributed by atoms with E-state index < -0.39 is 0 Å². The summed E-state index contributed by atoms with van der Waals surface area (Å²) in [6.45, 7) is 0.693. The van der Waals surface area contributed by atoms with Crippen molar-refractivity contribution in [2.45, 2.75) is 0 Å². The lowest BCUT2D eigenvalue weighted by molar-refractivity contribution is 1.28. The first kappa shape index (κ1) is 12.5. The number of nitrogens with zero attached hydrogens (tertiary/aromatic N) is 1. The highest BCUT2D eigenvalue weighted by Crippen LogP contribution is 2.13. The summed E-state index contributed by atoms with van der Waals surface area (Å²) in [4.78, 5) is 4.00. The lowest BCUT2D eigenvalue weighted by Gasteiger charge is -2.04. The minimum Gasteiger partial charge on any atom is -0.382 e. The summed E-state index contributed by atoms with van der Waals surface area (Å²) in [7, 11) is 0. The van der Waals surface area contributed by atoms with Crippen molar-refractivity contribution in [3.63, 3.8) is 0 Å². The van der Waals surface area contributed by atoms with Gasteiger partial charge in [-0.05, 0) is 29.8 Å². The largest absolute Gasteiger partial charge is 0.382 e. The molecule has 0 unspecified atom stereocenters. The number of benzene rings is 1. The van der Waals surface area contributed by atoms with Crippen LogP contribution in [0.25, 0.3) is 6.08 Å². The average molecular weight is 260 g/mol. The Morgan fingerprint density at radius 2 is 2.00 bits per heavy atom. The number of nitrogen functional groups attached to an aromatic ring is 1. The molecule has 1 heterocycles. The standard InChI is InChI=1S/C14H14ClN3/c15-12-7-5-11(6-8-12)3-1-9-17-13-4-2-10-18-14(13)16/h1-8,10,17H,9H2,(H2,16,18). The lowest BCUT2D eigenvalue weighted by Crippen LogP contribution is -2.02. The van der Waals surface area contributed by atoms with E-state index >= 15 is 0 Å². The first-order valence-electron chi connectivity index (χ1n) is 5.62. The number of pyridine rings is 1. The molecule has 1 aromatic heterocycles. The number of rotatable bonds is 4. The fraction of sp³-hybridized carbons (Fsp3) is 0.0714. The number of nitrogens with one attached hydrogen (secondary N) is 1. The van der Waals surface area contributed by atoms with Crippen molar-refractivity contribution in [1.82, 2.24) is 4.98 Å². The first-order valence-corrected chi connectivity index (χ1v) is 6.00. The van der Waals surface area contributed by atoms with Crippen molar-refractivity contribution in [3.8, 4) is 0 Å². The summed E-state index contributed by atoms with van der Waals surface area (Å²) in [5.74, 6) is 0.511. The highest BCUT2D eigenvalue weighted by Gasteiger charge is 1.95. The molecule has 3 N–H and O–H groups in total. The van der Waals surface area contributed by atoms with Gasteiger partial charge in [0.05, 0.1) is 5.69 Å². The molecule has 1 aromatic carbocycles. The predicted molar refractivity (Wildman–Crippen MR) is 77.6 cm³/mol. The van der Waals surface area contributed by atoms with Gasteiger partial charge in [0.15, 0.2) is 0 Å². The first-order chi connectivity index (χ1) is 8.75. The zero-order valence-corrected chi connectivity index (χ0v) is 10.6. The van der Waals surface area contributed by atoms with Crippen molar-refractivity contribution < 1.29 is 0 Å². The fourth-order valence-electron chi connectivity index (χ4n) is 1.50. The highest BCUT2D eigenvalue weighted by atomic mass is 35.5. The van der Waals surface area contributed by atoms with Crippen LogP contribution in [-0.4, -0.2) is 11.5 Å². The third-order valence-corrected chi connectivity index (χ3v) is 2.68. The summed E-state index contributed by atoms with van der Waals surface area (Å²) in [6.07, 6.45) is 5.72. The van der Waals surface area contributed by atoms with E-state index in [-0.39, 0.29) is 0 Å². The number of aromatic nitrogens is 1. The Labute approximate surface area is 111 Å². The summed E-state index contributed by atoms with van der Waals surface area (Å²) < 4.78 is 0. The molecular formula is C14H14ClN3. The second-order valence-corrected chi connectivity index (χ2v) is 4.21. The van der Waals surface area contributed by atoms with Crippen molar-refractivity contribution >= 4 is 29.2 Å². The Balaban J connectivity index is 1.89. The van der Waals surface area contributed by atoms with E-state index in [2.05, 4.69) is 10.3 Å². The van der Waals surface area contributed by atoms with Crippen LogP contribution in [0.15, 0.2) is 48.7 Å². The van der Waals surface area contributed by atoms with E-state index in [9.17, 15) is 0 Å². The van der Waals surface area contributed by atoms with Gasteiger partial charge in [0.1, 0.15) is 5.82 Å². The molecule has 0 aliphatic heterocycles. The van der Waals surface area contributed by atoms with Crippen molar-refractivity contribution in [2.24, 2.45) is 0 Å². The van der Waals surface area contributed by atoms with Crippen LogP contribution in [0, 0.1) is 0 Å². The normalized spacial score (nSPS) is 10.7. The second-order valence-electron chi connectivity index (χ2n) is 3.77. The molecule has 0 bridgehead atoms. The van der Waals surface area contributed by atoms with Crippen molar-refractivity contribution in [3.05, 3.63) is 59.3 Å². The van der Waals surface area contributed by atoms with E-state index in [0.29, 0.717) is 12.4 Å². The van der Waals surface area contributed by atoms with Gasteiger partial charge in [-0.1, -0.05) is 35.9 Å². The number of anilines is 2. The van der Waals surface area contributed by atoms with E-state index in [1.165, 1.54) is 0 Å². The highest BCUT2D eigenvalue weighted by molar-refractivity contribution is 6.30. The Morgan fingerprint density at radius 3 is 2.72 bits per heavy atom. The smallest absolute Gasteiger partial charge is 0.146 e. The van der Waals surface area contributed by atoms with Crippen LogP contribution >= 0.6 is 11.6 Å². The summed E-state index contributed by atoms with van der Waals surface area (Å²) in [6, 6.07) is 11.4. The van der Waals surface area contributed by atoms with Gasteiger partial charge in [0, 0.05) is 17.8 Å². The van der Waals surface area contributed by atoms with Gasteiger partial charge in [-0.15, -0.1) is 0 Å². The molecule has 2 rings (SSSR count). The molecule has 0 spiro atoms. The molecule has 0 fully saturated rings. The Hall–Kier alpha value is -2.00. The maximum Gasteiger partial charge on any atom is 0.146 e. The summed E-state index contributed by atoms with van der Waals surface area (Å²) in [5.41, 5.74) is 7.68. The van der Waals surface area contributed by atoms with Crippen LogP contribution in [0.5, 0.6) is 0 Å². The summed E-state index contributed by atoms with van der Waals surface area (Å²) >= 11 is 5.81. The topological polar surface area (TPSA) is 50.9 Å². The van der Waals surface area contributed by atoms with Crippen molar-refractivity contribution in [2.75, 3.05) is 17.6 Å². The van der Waals surface area contributed by atoms with E-state index in [0.717, 1.165) is 16.3 Å². The van der Waals surface area contributed by atoms with Crippen LogP contribution in [-0.2, 0) is 0 Å². The molecule has 0 atom stereocenters. The number of hydrogen-bond acceptors (Lipinski definition) is 3. The third-order valence-electron chi connectivity index (χ3n) is 2.43. The molecule has 2 aromatic rings. The molecule has 3 nitrogen and oxygen atoms in total. The summed E-state index contributed by atoms with van der Waals surface area (Å²) in [5, 5.41) is 3.94. The van der Waals surface area contributed by atoms with Gasteiger partial charge in [-0.3, -0.25) is 0 Å². The molecule has 92 valence electrons. The number of nitrogens with two attached hydrogens (primary N) is 1. The monoisotopic (exact) mass is 259 g/mol. The van der Waals surface area contributed by atoms with Gasteiger partial charge in [0.25, 0.3) is 0 Å². The van der Waals surface area contributed by atoms with Gasteiger partial charge in [-0.25, -0.2) is 4.98 Å². The number of hydrogen-bond donors (Lipinski definition) is 2. The molecule has 4 heteroatoms. The molecule has 0 aliphatic rings. The van der Waals surface area contributed by atoms with Crippen LogP contribution in [0.2, 0.25) is 5.02 Å². The van der Waals surface area contributed by atoms with Gasteiger partial charge >= 0.3 is 0 Å². The van der Waals surface area contributed by atoms with E-state index in [4.69, 9.17) is 17.3 Å². The zero-order chi connectivity index (χ0) is 12.8. The Morgan fingerprint density at radius 1 is 1.22 bits per heavy atom. The van der Waals surface area contributed by atoms with Crippen molar-refractivity contribution in [1.29, 1.82) is 0 Å². The number of halogens is 1. The third kappa shape index (κ3) is 3.50. The van der Waals surface area contributed by atoms with Gasteiger partial charge in [-0.2, -0.15) is 0 Å². The molecule has 0 amide bonds. The Kier molecular flexibility index (Phi) is 4.20. The predicted octanol–water partition coefficient (Wildman–Crippen LogP) is 3.44. The molecule has 0 aliphatic carbocycles. The molecule has 0 radical (unpaired) electrons.